The smallest absolute Gasteiger partial charge is 0.270 e. The van der Waals surface area contributed by atoms with E-state index in [1.54, 1.807) is 36.5 Å². The number of hydrogen-bond acceptors (Lipinski definition) is 7. The van der Waals surface area contributed by atoms with Crippen LogP contribution in [-0.2, 0) is 6.42 Å². The average molecular weight is 460 g/mol. The van der Waals surface area contributed by atoms with Gasteiger partial charge in [-0.15, -0.1) is 0 Å². The minimum Gasteiger partial charge on any atom is -0.404 e. The normalized spacial score (nSPS) is 18.5. The van der Waals surface area contributed by atoms with Crippen LogP contribution < -0.4 is 11.1 Å². The summed E-state index contributed by atoms with van der Waals surface area (Å²) in [6, 6.07) is 7.25. The monoisotopic (exact) mass is 459 g/mol. The highest BCUT2D eigenvalue weighted by Gasteiger charge is 2.27. The van der Waals surface area contributed by atoms with Gasteiger partial charge in [-0.25, -0.2) is 9.67 Å². The number of carbonyl (C=O) groups excluding carboxylic acids is 1. The highest BCUT2D eigenvalue weighted by Crippen LogP contribution is 2.23. The van der Waals surface area contributed by atoms with Crippen molar-refractivity contribution in [2.24, 2.45) is 10.7 Å². The Bertz CT molecular complexity index is 1200. The molecule has 3 aromatic rings. The zero-order valence-corrected chi connectivity index (χ0v) is 19.3. The number of nitrogens with two attached hydrogens (primary N) is 1. The molecule has 3 heterocycles. The summed E-state index contributed by atoms with van der Waals surface area (Å²) in [4.78, 5) is 26.2. The van der Waals surface area contributed by atoms with Crippen LogP contribution in [0, 0.1) is 6.92 Å². The molecule has 0 saturated heterocycles. The standard InChI is InChI=1S/C25H29N7O2/c1-16-18(11-17-7-8-20(28-14-17)19(13-26)15-27-2)12-22(30-24(16)32-10-4-9-29-32)25(34)31-21-5-3-6-23(21)33/h4,7-10,12-15,21,23,33H,3,5-6,11,26H2,1-2H3,(H,31,34)/t21-,23-/m0/s1. The summed E-state index contributed by atoms with van der Waals surface area (Å²) in [6.07, 6.45) is 10.8. The molecule has 176 valence electrons. The fourth-order valence-corrected chi connectivity index (χ4v) is 4.17. The van der Waals surface area contributed by atoms with Crippen molar-refractivity contribution in [3.63, 3.8) is 0 Å². The third kappa shape index (κ3) is 5.04. The van der Waals surface area contributed by atoms with Crippen molar-refractivity contribution < 1.29 is 9.90 Å². The Morgan fingerprint density at radius 1 is 1.35 bits per heavy atom. The maximum Gasteiger partial charge on any atom is 0.270 e. The second kappa shape index (κ2) is 10.4. The average Bonchev–Trinajstić information content (AvgIpc) is 3.52. The third-order valence-corrected chi connectivity index (χ3v) is 6.07. The number of aliphatic hydroxyl groups excluding tert-OH is 1. The van der Waals surface area contributed by atoms with Crippen LogP contribution in [0.5, 0.6) is 0 Å². The lowest BCUT2D eigenvalue weighted by atomic mass is 10.0. The molecular formula is C25H29N7O2. The quantitative estimate of drug-likeness (QED) is 0.464. The molecule has 2 atom stereocenters. The number of nitrogens with zero attached hydrogens (tertiary/aromatic N) is 5. The van der Waals surface area contributed by atoms with Crippen molar-refractivity contribution >= 4 is 17.7 Å². The summed E-state index contributed by atoms with van der Waals surface area (Å²) in [7, 11) is 1.68. The lowest BCUT2D eigenvalue weighted by Crippen LogP contribution is -2.40. The zero-order chi connectivity index (χ0) is 24.1. The highest BCUT2D eigenvalue weighted by molar-refractivity contribution is 6.08. The number of aromatic nitrogens is 4. The van der Waals surface area contributed by atoms with E-state index >= 15 is 0 Å². The van der Waals surface area contributed by atoms with Crippen LogP contribution in [0.4, 0.5) is 0 Å². The van der Waals surface area contributed by atoms with Crippen LogP contribution in [0.3, 0.4) is 0 Å². The van der Waals surface area contributed by atoms with Gasteiger partial charge in [-0.3, -0.25) is 14.8 Å². The maximum absolute atomic E-state index is 13.0. The number of rotatable bonds is 7. The van der Waals surface area contributed by atoms with E-state index in [4.69, 9.17) is 5.73 Å². The molecule has 1 saturated carbocycles. The van der Waals surface area contributed by atoms with E-state index in [0.29, 0.717) is 24.4 Å². The van der Waals surface area contributed by atoms with Crippen molar-refractivity contribution in [2.75, 3.05) is 7.05 Å². The molecule has 0 aromatic carbocycles. The minimum absolute atomic E-state index is 0.250. The summed E-state index contributed by atoms with van der Waals surface area (Å²) in [5.41, 5.74) is 10.3. The fraction of sp³-hybridized carbons (Fsp3) is 0.320. The first-order valence-electron chi connectivity index (χ1n) is 11.3. The Morgan fingerprint density at radius 2 is 2.21 bits per heavy atom. The van der Waals surface area contributed by atoms with Crippen molar-refractivity contribution in [3.8, 4) is 5.82 Å². The van der Waals surface area contributed by atoms with Gasteiger partial charge in [0.15, 0.2) is 5.82 Å². The van der Waals surface area contributed by atoms with Gasteiger partial charge in [-0.2, -0.15) is 5.10 Å². The number of hydrogen-bond donors (Lipinski definition) is 3. The Kier molecular flexibility index (Phi) is 7.12. The molecule has 0 spiro atoms. The van der Waals surface area contributed by atoms with Crippen molar-refractivity contribution in [2.45, 2.75) is 44.8 Å². The Labute approximate surface area is 198 Å². The third-order valence-electron chi connectivity index (χ3n) is 6.07. The summed E-state index contributed by atoms with van der Waals surface area (Å²) >= 11 is 0. The SMILES string of the molecule is CN=CC(=CN)c1ccc(Cc2cc(C(=O)N[C@H]3CCC[C@@H]3O)nc(-n3cccn3)c2C)cn1. The van der Waals surface area contributed by atoms with Crippen LogP contribution in [0.15, 0.2) is 54.0 Å². The molecule has 1 aliphatic carbocycles. The Balaban J connectivity index is 1.65. The van der Waals surface area contributed by atoms with Crippen molar-refractivity contribution in [1.29, 1.82) is 0 Å². The van der Waals surface area contributed by atoms with Crippen LogP contribution in [-0.4, -0.2) is 56.2 Å². The van der Waals surface area contributed by atoms with Crippen molar-refractivity contribution in [1.82, 2.24) is 25.1 Å². The fourth-order valence-electron chi connectivity index (χ4n) is 4.17. The van der Waals surface area contributed by atoms with E-state index in [0.717, 1.165) is 40.8 Å². The van der Waals surface area contributed by atoms with E-state index in [2.05, 4.69) is 25.4 Å². The lowest BCUT2D eigenvalue weighted by Gasteiger charge is -2.18. The van der Waals surface area contributed by atoms with E-state index in [1.807, 2.05) is 31.2 Å². The molecular weight excluding hydrogens is 430 g/mol. The maximum atomic E-state index is 13.0. The number of carbonyl (C=O) groups is 1. The second-order valence-corrected chi connectivity index (χ2v) is 8.38. The summed E-state index contributed by atoms with van der Waals surface area (Å²) < 4.78 is 1.66. The number of pyridine rings is 2. The molecule has 0 unspecified atom stereocenters. The molecule has 0 bridgehead atoms. The summed E-state index contributed by atoms with van der Waals surface area (Å²) in [5.74, 6) is 0.294. The van der Waals surface area contributed by atoms with Crippen molar-refractivity contribution in [3.05, 3.63) is 77.1 Å². The number of nitrogens with one attached hydrogen (secondary N) is 1. The predicted octanol–water partition coefficient (Wildman–Crippen LogP) is 2.20. The largest absolute Gasteiger partial charge is 0.404 e. The highest BCUT2D eigenvalue weighted by atomic mass is 16.3. The van der Waals surface area contributed by atoms with E-state index in [-0.39, 0.29) is 11.9 Å². The molecule has 9 nitrogen and oxygen atoms in total. The summed E-state index contributed by atoms with van der Waals surface area (Å²) in [6.45, 7) is 1.97. The van der Waals surface area contributed by atoms with Crippen LogP contribution >= 0.6 is 0 Å². The van der Waals surface area contributed by atoms with E-state index < -0.39 is 6.10 Å². The van der Waals surface area contributed by atoms with Gasteiger partial charge in [0.25, 0.3) is 5.91 Å². The molecule has 0 radical (unpaired) electrons. The molecule has 1 aliphatic rings. The molecule has 3 aromatic heterocycles. The first-order chi connectivity index (χ1) is 16.5. The van der Waals surface area contributed by atoms with E-state index in [9.17, 15) is 9.90 Å². The first-order valence-corrected chi connectivity index (χ1v) is 11.3. The second-order valence-electron chi connectivity index (χ2n) is 8.38. The molecule has 34 heavy (non-hydrogen) atoms. The molecule has 4 N–H and O–H groups in total. The Morgan fingerprint density at radius 3 is 2.82 bits per heavy atom. The molecule has 9 heteroatoms. The van der Waals surface area contributed by atoms with Crippen LogP contribution in [0.2, 0.25) is 0 Å². The molecule has 0 aliphatic heterocycles. The number of aliphatic hydroxyl groups is 1. The van der Waals surface area contributed by atoms with Gasteiger partial charge in [-0.1, -0.05) is 6.07 Å². The van der Waals surface area contributed by atoms with Gasteiger partial charge in [0.2, 0.25) is 0 Å². The zero-order valence-electron chi connectivity index (χ0n) is 19.3. The summed E-state index contributed by atoms with van der Waals surface area (Å²) in [5, 5.41) is 17.4. The van der Waals surface area contributed by atoms with Crippen LogP contribution in [0.25, 0.3) is 11.4 Å². The van der Waals surface area contributed by atoms with Crippen LogP contribution in [0.1, 0.15) is 52.1 Å². The molecule has 1 fully saturated rings. The lowest BCUT2D eigenvalue weighted by molar-refractivity contribution is 0.0868. The predicted molar refractivity (Wildman–Crippen MR) is 131 cm³/mol. The van der Waals surface area contributed by atoms with Gasteiger partial charge in [0, 0.05) is 43.6 Å². The topological polar surface area (TPSA) is 131 Å². The first kappa shape index (κ1) is 23.3. The number of aliphatic imine (C=N–C) groups is 1. The van der Waals surface area contributed by atoms with Gasteiger partial charge in [0.1, 0.15) is 5.69 Å². The molecule has 4 rings (SSSR count). The number of amides is 1. The number of allylic oxidation sites excluding steroid dienone is 1. The van der Waals surface area contributed by atoms with Gasteiger partial charge in [0.05, 0.1) is 17.8 Å². The van der Waals surface area contributed by atoms with Gasteiger partial charge < -0.3 is 16.2 Å². The van der Waals surface area contributed by atoms with E-state index in [1.165, 1.54) is 6.20 Å². The minimum atomic E-state index is -0.519. The molecule has 1 amide bonds. The van der Waals surface area contributed by atoms with Gasteiger partial charge in [-0.05, 0) is 67.5 Å². The van der Waals surface area contributed by atoms with Gasteiger partial charge >= 0.3 is 0 Å². The Hall–Kier alpha value is -3.85.